The van der Waals surface area contributed by atoms with Gasteiger partial charge in [-0.1, -0.05) is 0 Å². The zero-order chi connectivity index (χ0) is 20.2. The number of nitrogens with zero attached hydrogens (tertiary/aromatic N) is 1. The molecule has 0 radical (unpaired) electrons. The standard InChI is InChI=1S/C18H23FN2O6/c1-18(2,3)27-17(23)20-12-6-9-15(14(19)10-12)26-16(22)11-4-7-13(8-5-11)21(24)25/h4-5,7-8,12,14-15H,6,9-10H2,1-3H3,(H,20,23)/t12-,14+,15+/m1/s1. The summed E-state index contributed by atoms with van der Waals surface area (Å²) in [6.07, 6.45) is -2.26. The number of alkyl carbamates (subject to hydrolysis) is 1. The fourth-order valence-electron chi connectivity index (χ4n) is 2.75. The van der Waals surface area contributed by atoms with Crippen molar-refractivity contribution in [1.29, 1.82) is 0 Å². The lowest BCUT2D eigenvalue weighted by atomic mass is 9.91. The predicted octanol–water partition coefficient (Wildman–Crippen LogP) is 3.54. The van der Waals surface area contributed by atoms with E-state index in [1.54, 1.807) is 20.8 Å². The van der Waals surface area contributed by atoms with Gasteiger partial charge < -0.3 is 14.8 Å². The summed E-state index contributed by atoms with van der Waals surface area (Å²) in [7, 11) is 0. The van der Waals surface area contributed by atoms with E-state index in [9.17, 15) is 24.1 Å². The second-order valence-electron chi connectivity index (χ2n) is 7.42. The number of nitrogens with one attached hydrogen (secondary N) is 1. The molecule has 1 N–H and O–H groups in total. The third-order valence-electron chi connectivity index (χ3n) is 4.01. The molecule has 27 heavy (non-hydrogen) atoms. The summed E-state index contributed by atoms with van der Waals surface area (Å²) in [4.78, 5) is 33.9. The van der Waals surface area contributed by atoms with E-state index in [1.165, 1.54) is 24.3 Å². The summed E-state index contributed by atoms with van der Waals surface area (Å²) in [5.74, 6) is -0.740. The van der Waals surface area contributed by atoms with Crippen molar-refractivity contribution < 1.29 is 28.4 Å². The second kappa shape index (κ2) is 8.32. The number of nitro groups is 1. The number of halogens is 1. The van der Waals surface area contributed by atoms with Gasteiger partial charge in [-0.2, -0.15) is 0 Å². The molecule has 0 aromatic heterocycles. The normalized spacial score (nSPS) is 22.6. The number of ether oxygens (including phenoxy) is 2. The zero-order valence-electron chi connectivity index (χ0n) is 15.4. The monoisotopic (exact) mass is 382 g/mol. The quantitative estimate of drug-likeness (QED) is 0.485. The van der Waals surface area contributed by atoms with Gasteiger partial charge in [0.25, 0.3) is 5.69 Å². The van der Waals surface area contributed by atoms with Crippen LogP contribution < -0.4 is 5.32 Å². The van der Waals surface area contributed by atoms with Crippen LogP contribution in [-0.2, 0) is 9.47 Å². The highest BCUT2D eigenvalue weighted by molar-refractivity contribution is 5.89. The molecule has 0 unspecified atom stereocenters. The third kappa shape index (κ3) is 6.19. The number of nitro benzene ring substituents is 1. The van der Waals surface area contributed by atoms with Gasteiger partial charge in [0.15, 0.2) is 0 Å². The van der Waals surface area contributed by atoms with Gasteiger partial charge in [-0.3, -0.25) is 10.1 Å². The molecule has 148 valence electrons. The molecule has 1 fully saturated rings. The lowest BCUT2D eigenvalue weighted by molar-refractivity contribution is -0.384. The van der Waals surface area contributed by atoms with E-state index in [0.717, 1.165) is 0 Å². The number of carbonyl (C=O) groups excluding carboxylic acids is 2. The molecule has 8 nitrogen and oxygen atoms in total. The second-order valence-corrected chi connectivity index (χ2v) is 7.42. The molecule has 0 heterocycles. The third-order valence-corrected chi connectivity index (χ3v) is 4.01. The first-order valence-corrected chi connectivity index (χ1v) is 8.64. The van der Waals surface area contributed by atoms with Crippen LogP contribution >= 0.6 is 0 Å². The summed E-state index contributed by atoms with van der Waals surface area (Å²) >= 11 is 0. The minimum atomic E-state index is -1.43. The number of esters is 1. The predicted molar refractivity (Wildman–Crippen MR) is 94.2 cm³/mol. The molecule has 0 saturated heterocycles. The zero-order valence-corrected chi connectivity index (χ0v) is 15.4. The number of rotatable bonds is 4. The summed E-state index contributed by atoms with van der Waals surface area (Å²) in [5.41, 5.74) is -0.679. The molecule has 3 atom stereocenters. The molecule has 1 aromatic carbocycles. The highest BCUT2D eigenvalue weighted by atomic mass is 19.1. The summed E-state index contributed by atoms with van der Waals surface area (Å²) < 4.78 is 24.7. The maximum absolute atomic E-state index is 14.4. The number of alkyl halides is 1. The average molecular weight is 382 g/mol. The smallest absolute Gasteiger partial charge is 0.407 e. The molecule has 1 amide bonds. The molecule has 0 spiro atoms. The maximum Gasteiger partial charge on any atom is 0.407 e. The van der Waals surface area contributed by atoms with Gasteiger partial charge in [0, 0.05) is 24.6 Å². The Balaban J connectivity index is 1.86. The van der Waals surface area contributed by atoms with Gasteiger partial charge in [-0.25, -0.2) is 14.0 Å². The van der Waals surface area contributed by atoms with Crippen molar-refractivity contribution in [3.8, 4) is 0 Å². The van der Waals surface area contributed by atoms with E-state index in [4.69, 9.17) is 9.47 Å². The molecular weight excluding hydrogens is 359 g/mol. The largest absolute Gasteiger partial charge is 0.456 e. The number of benzene rings is 1. The molecule has 1 aliphatic carbocycles. The first-order chi connectivity index (χ1) is 12.5. The van der Waals surface area contributed by atoms with E-state index >= 15 is 0 Å². The Morgan fingerprint density at radius 1 is 1.22 bits per heavy atom. The van der Waals surface area contributed by atoms with Gasteiger partial charge in [-0.05, 0) is 45.7 Å². The molecule has 1 saturated carbocycles. The maximum atomic E-state index is 14.4. The van der Waals surface area contributed by atoms with Gasteiger partial charge in [-0.15, -0.1) is 0 Å². The van der Waals surface area contributed by atoms with Crippen LogP contribution in [0.4, 0.5) is 14.9 Å². The Morgan fingerprint density at radius 3 is 2.37 bits per heavy atom. The van der Waals surface area contributed by atoms with Crippen LogP contribution in [0.5, 0.6) is 0 Å². The number of non-ortho nitro benzene ring substituents is 1. The van der Waals surface area contributed by atoms with Crippen LogP contribution in [0.1, 0.15) is 50.4 Å². The number of carbonyl (C=O) groups is 2. The van der Waals surface area contributed by atoms with Crippen LogP contribution in [-0.4, -0.2) is 40.9 Å². The number of hydrogen-bond acceptors (Lipinski definition) is 6. The molecule has 0 aliphatic heterocycles. The Morgan fingerprint density at radius 2 is 1.85 bits per heavy atom. The van der Waals surface area contributed by atoms with Gasteiger partial charge in [0.1, 0.15) is 17.9 Å². The van der Waals surface area contributed by atoms with Crippen molar-refractivity contribution >= 4 is 17.7 Å². The summed E-state index contributed by atoms with van der Waals surface area (Å²) in [6.45, 7) is 5.21. The Kier molecular flexibility index (Phi) is 6.35. The fraction of sp³-hybridized carbons (Fsp3) is 0.556. The lowest BCUT2D eigenvalue weighted by Crippen LogP contribution is -2.46. The number of amides is 1. The molecule has 0 bridgehead atoms. The van der Waals surface area contributed by atoms with Crippen molar-refractivity contribution in [2.45, 2.75) is 64.0 Å². The van der Waals surface area contributed by atoms with Crippen molar-refractivity contribution in [2.24, 2.45) is 0 Å². The fourth-order valence-corrected chi connectivity index (χ4v) is 2.75. The van der Waals surface area contributed by atoms with Crippen LogP contribution in [0.3, 0.4) is 0 Å². The van der Waals surface area contributed by atoms with Crippen molar-refractivity contribution in [1.82, 2.24) is 5.32 Å². The van der Waals surface area contributed by atoms with Crippen LogP contribution in [0.15, 0.2) is 24.3 Å². The molecule has 1 aliphatic rings. The first-order valence-electron chi connectivity index (χ1n) is 8.64. The SMILES string of the molecule is CC(C)(C)OC(=O)N[C@@H]1CC[C@H](OC(=O)c2ccc([N+](=O)[O-])cc2)[C@@H](F)C1. The Hall–Kier alpha value is -2.71. The highest BCUT2D eigenvalue weighted by Crippen LogP contribution is 2.26. The van der Waals surface area contributed by atoms with E-state index in [-0.39, 0.29) is 24.1 Å². The topological polar surface area (TPSA) is 108 Å². The van der Waals surface area contributed by atoms with E-state index < -0.39 is 40.9 Å². The van der Waals surface area contributed by atoms with E-state index in [2.05, 4.69) is 5.32 Å². The Bertz CT molecular complexity index is 701. The van der Waals surface area contributed by atoms with E-state index in [0.29, 0.717) is 6.42 Å². The lowest BCUT2D eigenvalue weighted by Gasteiger charge is -2.32. The minimum Gasteiger partial charge on any atom is -0.456 e. The van der Waals surface area contributed by atoms with Crippen molar-refractivity contribution in [3.63, 3.8) is 0 Å². The highest BCUT2D eigenvalue weighted by Gasteiger charge is 2.34. The van der Waals surface area contributed by atoms with Crippen LogP contribution in [0.2, 0.25) is 0 Å². The Labute approximate surface area is 156 Å². The molecule has 2 rings (SSSR count). The molecular formula is C18H23FN2O6. The average Bonchev–Trinajstić information content (AvgIpc) is 2.55. The minimum absolute atomic E-state index is 0.0114. The van der Waals surface area contributed by atoms with Gasteiger partial charge in [0.05, 0.1) is 10.5 Å². The number of hydrogen-bond donors (Lipinski definition) is 1. The summed E-state index contributed by atoms with van der Waals surface area (Å²) in [6, 6.07) is 4.51. The van der Waals surface area contributed by atoms with Crippen LogP contribution in [0.25, 0.3) is 0 Å². The molecule has 9 heteroatoms. The molecule has 1 aromatic rings. The first kappa shape index (κ1) is 20.6. The van der Waals surface area contributed by atoms with Gasteiger partial charge in [0.2, 0.25) is 0 Å². The van der Waals surface area contributed by atoms with Crippen molar-refractivity contribution in [2.75, 3.05) is 0 Å². The summed E-state index contributed by atoms with van der Waals surface area (Å²) in [5, 5.41) is 13.2. The van der Waals surface area contributed by atoms with Gasteiger partial charge >= 0.3 is 12.1 Å². The van der Waals surface area contributed by atoms with Crippen molar-refractivity contribution in [3.05, 3.63) is 39.9 Å². The van der Waals surface area contributed by atoms with E-state index in [1.807, 2.05) is 0 Å². The van der Waals surface area contributed by atoms with Crippen LogP contribution in [0, 0.1) is 10.1 Å².